The third-order valence-corrected chi connectivity index (χ3v) is 3.57. The molecule has 0 aliphatic carbocycles. The van der Waals surface area contributed by atoms with Gasteiger partial charge in [0.2, 0.25) is 5.91 Å². The number of nitrogens with two attached hydrogens (primary N) is 1. The summed E-state index contributed by atoms with van der Waals surface area (Å²) in [6.45, 7) is 9.17. The molecule has 0 aromatic rings. The first kappa shape index (κ1) is 12.1. The quantitative estimate of drug-likeness (QED) is 0.744. The lowest BCUT2D eigenvalue weighted by Crippen LogP contribution is -2.51. The lowest BCUT2D eigenvalue weighted by Gasteiger charge is -2.41. The van der Waals surface area contributed by atoms with Crippen molar-refractivity contribution in [1.82, 2.24) is 9.80 Å². The van der Waals surface area contributed by atoms with Crippen LogP contribution in [-0.4, -0.2) is 53.8 Å². The fourth-order valence-electron chi connectivity index (χ4n) is 2.49. The van der Waals surface area contributed by atoms with Gasteiger partial charge in [0.25, 0.3) is 0 Å². The largest absolute Gasteiger partial charge is 0.369 e. The zero-order valence-corrected chi connectivity index (χ0v) is 10.7. The maximum absolute atomic E-state index is 11.0. The molecule has 2 N–H and O–H groups in total. The number of fused-ring (bicyclic) bond motifs is 1. The van der Waals surface area contributed by atoms with E-state index >= 15 is 0 Å². The number of piperazine rings is 1. The van der Waals surface area contributed by atoms with Crippen LogP contribution in [0.5, 0.6) is 0 Å². The molecule has 1 amide bonds. The normalized spacial score (nSPS) is 25.7. The van der Waals surface area contributed by atoms with Gasteiger partial charge in [-0.15, -0.1) is 0 Å². The highest BCUT2D eigenvalue weighted by Gasteiger charge is 2.29. The predicted molar refractivity (Wildman–Crippen MR) is 67.6 cm³/mol. The molecule has 1 fully saturated rings. The molecule has 2 aliphatic rings. The van der Waals surface area contributed by atoms with E-state index in [4.69, 9.17) is 5.73 Å². The molecule has 5 nitrogen and oxygen atoms in total. The average Bonchev–Trinajstić information content (AvgIpc) is 2.25. The molecule has 0 saturated carbocycles. The Hall–Kier alpha value is -1.36. The van der Waals surface area contributed by atoms with E-state index in [1.165, 1.54) is 11.3 Å². The Kier molecular flexibility index (Phi) is 3.19. The van der Waals surface area contributed by atoms with Crippen molar-refractivity contribution in [3.8, 4) is 0 Å². The van der Waals surface area contributed by atoms with Gasteiger partial charge in [-0.05, 0) is 26.3 Å². The van der Waals surface area contributed by atoms with Crippen LogP contribution in [0.25, 0.3) is 0 Å². The van der Waals surface area contributed by atoms with Crippen molar-refractivity contribution < 1.29 is 4.79 Å². The first-order chi connectivity index (χ1) is 7.99. The van der Waals surface area contributed by atoms with Gasteiger partial charge in [-0.25, -0.2) is 0 Å². The van der Waals surface area contributed by atoms with Crippen molar-refractivity contribution in [2.45, 2.75) is 26.8 Å². The highest BCUT2D eigenvalue weighted by Crippen LogP contribution is 2.25. The lowest BCUT2D eigenvalue weighted by molar-refractivity contribution is -0.119. The van der Waals surface area contributed by atoms with E-state index in [1.54, 1.807) is 0 Å². The molecule has 0 radical (unpaired) electrons. The van der Waals surface area contributed by atoms with Gasteiger partial charge in [0, 0.05) is 25.3 Å². The van der Waals surface area contributed by atoms with Crippen LogP contribution in [0.1, 0.15) is 20.8 Å². The van der Waals surface area contributed by atoms with Crippen LogP contribution in [0, 0.1) is 0 Å². The molecule has 0 bridgehead atoms. The summed E-state index contributed by atoms with van der Waals surface area (Å²) in [7, 11) is 0. The van der Waals surface area contributed by atoms with Crippen LogP contribution in [0.4, 0.5) is 0 Å². The van der Waals surface area contributed by atoms with Crippen molar-refractivity contribution in [3.05, 3.63) is 11.3 Å². The maximum atomic E-state index is 11.0. The van der Waals surface area contributed by atoms with Gasteiger partial charge in [0.15, 0.2) is 0 Å². The summed E-state index contributed by atoms with van der Waals surface area (Å²) in [4.78, 5) is 19.9. The molecule has 5 heteroatoms. The summed E-state index contributed by atoms with van der Waals surface area (Å²) in [5.41, 5.74) is 7.83. The summed E-state index contributed by atoms with van der Waals surface area (Å²) >= 11 is 0. The average molecular weight is 236 g/mol. The molecule has 0 aromatic carbocycles. The standard InChI is InChI=1S/C12H20N4O/c1-8-9(2)14-10(3)16-5-4-15(6-11(8)16)7-12(13)17/h9H,4-7H2,1-3H3,(H2,13,17). The Bertz CT molecular complexity index is 399. The number of carbonyl (C=O) groups excluding carboxylic acids is 1. The molecular weight excluding hydrogens is 216 g/mol. The van der Waals surface area contributed by atoms with Gasteiger partial charge < -0.3 is 10.6 Å². The number of rotatable bonds is 2. The van der Waals surface area contributed by atoms with Gasteiger partial charge in [-0.2, -0.15) is 0 Å². The molecule has 0 aromatic heterocycles. The van der Waals surface area contributed by atoms with Crippen LogP contribution in [0.3, 0.4) is 0 Å². The van der Waals surface area contributed by atoms with E-state index < -0.39 is 0 Å². The SMILES string of the molecule is CC1=NC(C)C(C)=C2CN(CC(N)=O)CCN12. The summed E-state index contributed by atoms with van der Waals surface area (Å²) in [6.07, 6.45) is 0. The predicted octanol–water partition coefficient (Wildman–Crippen LogP) is 0.184. The molecule has 2 aliphatic heterocycles. The van der Waals surface area contributed by atoms with Gasteiger partial charge in [0.1, 0.15) is 5.84 Å². The molecule has 17 heavy (non-hydrogen) atoms. The van der Waals surface area contributed by atoms with Gasteiger partial charge in [-0.1, -0.05) is 0 Å². The molecule has 1 saturated heterocycles. The van der Waals surface area contributed by atoms with Gasteiger partial charge in [0.05, 0.1) is 12.6 Å². The topological polar surface area (TPSA) is 61.9 Å². The van der Waals surface area contributed by atoms with E-state index in [1.807, 2.05) is 6.92 Å². The Balaban J connectivity index is 2.17. The number of amides is 1. The van der Waals surface area contributed by atoms with E-state index in [0.717, 1.165) is 25.5 Å². The van der Waals surface area contributed by atoms with Crippen LogP contribution in [0.15, 0.2) is 16.3 Å². The maximum Gasteiger partial charge on any atom is 0.231 e. The van der Waals surface area contributed by atoms with Crippen molar-refractivity contribution in [2.75, 3.05) is 26.2 Å². The smallest absolute Gasteiger partial charge is 0.231 e. The lowest BCUT2D eigenvalue weighted by atomic mass is 10.0. The number of hydrogen-bond donors (Lipinski definition) is 1. The Morgan fingerprint density at radius 1 is 1.47 bits per heavy atom. The van der Waals surface area contributed by atoms with E-state index in [2.05, 4.69) is 28.6 Å². The number of carbonyl (C=O) groups is 1. The third kappa shape index (κ3) is 2.34. The monoisotopic (exact) mass is 236 g/mol. The zero-order valence-electron chi connectivity index (χ0n) is 10.7. The van der Waals surface area contributed by atoms with E-state index in [0.29, 0.717) is 6.54 Å². The molecule has 2 rings (SSSR count). The highest BCUT2D eigenvalue weighted by molar-refractivity contribution is 5.83. The zero-order chi connectivity index (χ0) is 12.6. The van der Waals surface area contributed by atoms with E-state index in [-0.39, 0.29) is 11.9 Å². The Morgan fingerprint density at radius 2 is 2.18 bits per heavy atom. The molecule has 1 unspecified atom stereocenters. The summed E-state index contributed by atoms with van der Waals surface area (Å²) < 4.78 is 0. The summed E-state index contributed by atoms with van der Waals surface area (Å²) in [6, 6.07) is 0.245. The van der Waals surface area contributed by atoms with Crippen LogP contribution >= 0.6 is 0 Å². The summed E-state index contributed by atoms with van der Waals surface area (Å²) in [5, 5.41) is 0. The van der Waals surface area contributed by atoms with Crippen LogP contribution in [-0.2, 0) is 4.79 Å². The number of nitrogens with zero attached hydrogens (tertiary/aromatic N) is 3. The molecule has 94 valence electrons. The molecule has 1 atom stereocenters. The Morgan fingerprint density at radius 3 is 2.82 bits per heavy atom. The van der Waals surface area contributed by atoms with Gasteiger partial charge in [-0.3, -0.25) is 14.7 Å². The number of hydrogen-bond acceptors (Lipinski definition) is 4. The number of primary amides is 1. The van der Waals surface area contributed by atoms with Crippen LogP contribution < -0.4 is 5.73 Å². The van der Waals surface area contributed by atoms with E-state index in [9.17, 15) is 4.79 Å². The van der Waals surface area contributed by atoms with Crippen molar-refractivity contribution >= 4 is 11.7 Å². The second-order valence-corrected chi connectivity index (χ2v) is 4.81. The fourth-order valence-corrected chi connectivity index (χ4v) is 2.49. The van der Waals surface area contributed by atoms with Crippen LogP contribution in [0.2, 0.25) is 0 Å². The van der Waals surface area contributed by atoms with Crippen molar-refractivity contribution in [1.29, 1.82) is 0 Å². The molecular formula is C12H20N4O. The second kappa shape index (κ2) is 4.49. The summed E-state index contributed by atoms with van der Waals surface area (Å²) in [5.74, 6) is 0.822. The van der Waals surface area contributed by atoms with Crippen molar-refractivity contribution in [3.63, 3.8) is 0 Å². The highest BCUT2D eigenvalue weighted by atomic mass is 16.1. The minimum Gasteiger partial charge on any atom is -0.369 e. The fraction of sp³-hybridized carbons (Fsp3) is 0.667. The first-order valence-corrected chi connectivity index (χ1v) is 6.01. The minimum absolute atomic E-state index is 0.245. The van der Waals surface area contributed by atoms with Gasteiger partial charge >= 0.3 is 0 Å². The minimum atomic E-state index is -0.258. The number of aliphatic imine (C=N–C) groups is 1. The first-order valence-electron chi connectivity index (χ1n) is 6.01. The van der Waals surface area contributed by atoms with Crippen molar-refractivity contribution in [2.24, 2.45) is 10.7 Å². The molecule has 2 heterocycles. The third-order valence-electron chi connectivity index (χ3n) is 3.57. The second-order valence-electron chi connectivity index (χ2n) is 4.81. The number of amidine groups is 1. The molecule has 0 spiro atoms. The Labute approximate surface area is 102 Å².